The number of aromatic nitrogens is 3. The van der Waals surface area contributed by atoms with Crippen molar-refractivity contribution in [2.45, 2.75) is 25.4 Å². The monoisotopic (exact) mass is 391 g/mol. The van der Waals surface area contributed by atoms with E-state index in [2.05, 4.69) is 10.3 Å². The number of nitrogens with two attached hydrogens (primary N) is 1. The van der Waals surface area contributed by atoms with Gasteiger partial charge < -0.3 is 15.8 Å². The van der Waals surface area contributed by atoms with Gasteiger partial charge in [0.15, 0.2) is 0 Å². The molecule has 0 bridgehead atoms. The summed E-state index contributed by atoms with van der Waals surface area (Å²) in [6, 6.07) is 13.2. The zero-order valence-corrected chi connectivity index (χ0v) is 16.2. The Morgan fingerprint density at radius 1 is 1.17 bits per heavy atom. The molecule has 0 saturated carbocycles. The first-order chi connectivity index (χ1) is 14.2. The lowest BCUT2D eigenvalue weighted by Crippen LogP contribution is -2.46. The van der Waals surface area contributed by atoms with E-state index in [1.54, 1.807) is 12.4 Å². The molecule has 2 aromatic heterocycles. The van der Waals surface area contributed by atoms with E-state index in [1.165, 1.54) is 0 Å². The van der Waals surface area contributed by atoms with Gasteiger partial charge >= 0.3 is 0 Å². The first-order valence-electron chi connectivity index (χ1n) is 9.88. The molecule has 7 heteroatoms. The highest BCUT2D eigenvalue weighted by molar-refractivity contribution is 5.82. The summed E-state index contributed by atoms with van der Waals surface area (Å²) in [5, 5.41) is 7.75. The highest BCUT2D eigenvalue weighted by Gasteiger charge is 2.26. The van der Waals surface area contributed by atoms with Crippen LogP contribution in [0.4, 0.5) is 0 Å². The smallest absolute Gasteiger partial charge is 0.237 e. The van der Waals surface area contributed by atoms with Crippen molar-refractivity contribution in [1.82, 2.24) is 20.1 Å². The topological polar surface area (TPSA) is 95.1 Å². The minimum absolute atomic E-state index is 0.134. The molecule has 1 unspecified atom stereocenters. The van der Waals surface area contributed by atoms with Gasteiger partial charge in [-0.15, -0.1) is 0 Å². The predicted octanol–water partition coefficient (Wildman–Crippen LogP) is 2.30. The number of carbonyl (C=O) groups excluding carboxylic acids is 1. The van der Waals surface area contributed by atoms with Gasteiger partial charge in [-0.3, -0.25) is 9.78 Å². The van der Waals surface area contributed by atoms with Crippen LogP contribution in [0.1, 0.15) is 18.4 Å². The van der Waals surface area contributed by atoms with Gasteiger partial charge in [0.25, 0.3) is 0 Å². The van der Waals surface area contributed by atoms with Gasteiger partial charge in [0.05, 0.1) is 17.4 Å². The van der Waals surface area contributed by atoms with E-state index in [4.69, 9.17) is 15.6 Å². The highest BCUT2D eigenvalue weighted by Crippen LogP contribution is 2.23. The Hall–Kier alpha value is -3.03. The Kier molecular flexibility index (Phi) is 5.97. The SMILES string of the molecule is NC(C(=O)NCc1cn(-c2ccccc2)nc1-c1ccncc1)C1CCOCC1. The van der Waals surface area contributed by atoms with Gasteiger partial charge in [-0.05, 0) is 43.0 Å². The lowest BCUT2D eigenvalue weighted by molar-refractivity contribution is -0.124. The summed E-state index contributed by atoms with van der Waals surface area (Å²) in [6.07, 6.45) is 7.07. The van der Waals surface area contributed by atoms with Crippen LogP contribution in [0.2, 0.25) is 0 Å². The molecule has 1 atom stereocenters. The standard InChI is InChI=1S/C22H25N5O2/c23-20(16-8-12-29-13-9-16)22(28)25-14-18-15-27(19-4-2-1-3-5-19)26-21(18)17-6-10-24-11-7-17/h1-7,10-11,15-16,20H,8-9,12-14,23H2,(H,25,28). The minimum atomic E-state index is -0.521. The molecule has 7 nitrogen and oxygen atoms in total. The van der Waals surface area contributed by atoms with Gasteiger partial charge in [-0.25, -0.2) is 4.68 Å². The van der Waals surface area contributed by atoms with E-state index >= 15 is 0 Å². The van der Waals surface area contributed by atoms with Crippen molar-refractivity contribution in [3.8, 4) is 16.9 Å². The van der Waals surface area contributed by atoms with Gasteiger partial charge in [0.2, 0.25) is 5.91 Å². The number of ether oxygens (including phenoxy) is 1. The van der Waals surface area contributed by atoms with E-state index in [9.17, 15) is 4.79 Å². The number of pyridine rings is 1. The molecule has 150 valence electrons. The molecule has 1 amide bonds. The largest absolute Gasteiger partial charge is 0.381 e. The van der Waals surface area contributed by atoms with E-state index < -0.39 is 6.04 Å². The number of benzene rings is 1. The molecule has 1 aromatic carbocycles. The normalized spacial score (nSPS) is 15.8. The first kappa shape index (κ1) is 19.3. The van der Waals surface area contributed by atoms with Crippen LogP contribution in [0.3, 0.4) is 0 Å². The number of rotatable bonds is 6. The van der Waals surface area contributed by atoms with Crippen LogP contribution in [-0.2, 0) is 16.1 Å². The van der Waals surface area contributed by atoms with Crippen LogP contribution >= 0.6 is 0 Å². The number of para-hydroxylation sites is 1. The summed E-state index contributed by atoms with van der Waals surface area (Å²) in [6.45, 7) is 1.70. The third-order valence-corrected chi connectivity index (χ3v) is 5.29. The van der Waals surface area contributed by atoms with Gasteiger partial charge in [0, 0.05) is 49.5 Å². The Labute approximate surface area is 169 Å². The summed E-state index contributed by atoms with van der Waals surface area (Å²) < 4.78 is 7.19. The minimum Gasteiger partial charge on any atom is -0.381 e. The molecule has 0 aliphatic carbocycles. The summed E-state index contributed by atoms with van der Waals surface area (Å²) in [5.74, 6) is 0.0282. The Bertz CT molecular complexity index is 936. The molecule has 3 aromatic rings. The third kappa shape index (κ3) is 4.52. The zero-order chi connectivity index (χ0) is 20.1. The molecule has 1 fully saturated rings. The zero-order valence-electron chi connectivity index (χ0n) is 16.2. The average Bonchev–Trinajstić information content (AvgIpc) is 3.23. The molecule has 3 heterocycles. The predicted molar refractivity (Wildman–Crippen MR) is 110 cm³/mol. The van der Waals surface area contributed by atoms with Crippen LogP contribution in [0.15, 0.2) is 61.1 Å². The number of hydrogen-bond donors (Lipinski definition) is 2. The van der Waals surface area contributed by atoms with Crippen LogP contribution in [0, 0.1) is 5.92 Å². The summed E-state index contributed by atoms with van der Waals surface area (Å²) in [4.78, 5) is 16.7. The molecule has 1 aliphatic heterocycles. The summed E-state index contributed by atoms with van der Waals surface area (Å²) in [5.41, 5.74) is 9.85. The Balaban J connectivity index is 1.54. The number of amides is 1. The molecule has 0 spiro atoms. The second-order valence-electron chi connectivity index (χ2n) is 7.21. The molecule has 1 saturated heterocycles. The maximum atomic E-state index is 12.6. The number of carbonyl (C=O) groups is 1. The van der Waals surface area contributed by atoms with Crippen molar-refractivity contribution >= 4 is 5.91 Å². The number of nitrogens with zero attached hydrogens (tertiary/aromatic N) is 3. The van der Waals surface area contributed by atoms with Crippen molar-refractivity contribution in [2.24, 2.45) is 11.7 Å². The fourth-order valence-corrected chi connectivity index (χ4v) is 3.59. The van der Waals surface area contributed by atoms with Gasteiger partial charge in [-0.1, -0.05) is 18.2 Å². The lowest BCUT2D eigenvalue weighted by atomic mass is 9.92. The Morgan fingerprint density at radius 2 is 1.90 bits per heavy atom. The fourth-order valence-electron chi connectivity index (χ4n) is 3.59. The molecular formula is C22H25N5O2. The van der Waals surface area contributed by atoms with E-state index in [0.717, 1.165) is 35.3 Å². The van der Waals surface area contributed by atoms with E-state index in [1.807, 2.05) is 53.3 Å². The van der Waals surface area contributed by atoms with Crippen LogP contribution in [-0.4, -0.2) is 39.9 Å². The first-order valence-corrected chi connectivity index (χ1v) is 9.88. The quantitative estimate of drug-likeness (QED) is 0.672. The van der Waals surface area contributed by atoms with Crippen LogP contribution in [0.25, 0.3) is 16.9 Å². The van der Waals surface area contributed by atoms with Crippen molar-refractivity contribution in [3.63, 3.8) is 0 Å². The summed E-state index contributed by atoms with van der Waals surface area (Å²) >= 11 is 0. The highest BCUT2D eigenvalue weighted by atomic mass is 16.5. The maximum absolute atomic E-state index is 12.6. The second kappa shape index (κ2) is 8.98. The summed E-state index contributed by atoms with van der Waals surface area (Å²) in [7, 11) is 0. The molecule has 0 radical (unpaired) electrons. The van der Waals surface area contributed by atoms with Crippen LogP contribution in [0.5, 0.6) is 0 Å². The van der Waals surface area contributed by atoms with Crippen LogP contribution < -0.4 is 11.1 Å². The van der Waals surface area contributed by atoms with E-state index in [0.29, 0.717) is 19.8 Å². The number of hydrogen-bond acceptors (Lipinski definition) is 5. The van der Waals surface area contributed by atoms with Crippen molar-refractivity contribution in [1.29, 1.82) is 0 Å². The molecule has 4 rings (SSSR count). The van der Waals surface area contributed by atoms with Gasteiger partial charge in [0.1, 0.15) is 0 Å². The third-order valence-electron chi connectivity index (χ3n) is 5.29. The van der Waals surface area contributed by atoms with Crippen molar-refractivity contribution in [2.75, 3.05) is 13.2 Å². The average molecular weight is 391 g/mol. The van der Waals surface area contributed by atoms with E-state index in [-0.39, 0.29) is 11.8 Å². The molecular weight excluding hydrogens is 366 g/mol. The Morgan fingerprint density at radius 3 is 2.62 bits per heavy atom. The second-order valence-corrected chi connectivity index (χ2v) is 7.21. The number of nitrogens with one attached hydrogen (secondary N) is 1. The van der Waals surface area contributed by atoms with Crippen molar-refractivity contribution in [3.05, 3.63) is 66.6 Å². The molecule has 29 heavy (non-hydrogen) atoms. The molecule has 3 N–H and O–H groups in total. The fraction of sp³-hybridized carbons (Fsp3) is 0.318. The maximum Gasteiger partial charge on any atom is 0.237 e. The van der Waals surface area contributed by atoms with Crippen molar-refractivity contribution < 1.29 is 9.53 Å². The lowest BCUT2D eigenvalue weighted by Gasteiger charge is -2.26. The molecule has 1 aliphatic rings. The van der Waals surface area contributed by atoms with Gasteiger partial charge in [-0.2, -0.15) is 5.10 Å².